The van der Waals surface area contributed by atoms with Crippen LogP contribution in [0.1, 0.15) is 19.0 Å². The molecule has 0 saturated heterocycles. The molecule has 0 aliphatic heterocycles. The molecule has 0 unspecified atom stereocenters. The molecule has 0 aliphatic carbocycles. The first-order chi connectivity index (χ1) is 6.81. The second kappa shape index (κ2) is 5.58. The third kappa shape index (κ3) is 2.69. The van der Waals surface area contributed by atoms with Gasteiger partial charge in [0.2, 0.25) is 0 Å². The lowest BCUT2D eigenvalue weighted by molar-refractivity contribution is 0.817. The molecule has 1 rings (SSSR count). The molecule has 14 heavy (non-hydrogen) atoms. The first kappa shape index (κ1) is 11.0. The highest BCUT2D eigenvalue weighted by Crippen LogP contribution is 2.20. The molecule has 0 amide bonds. The van der Waals surface area contributed by atoms with E-state index in [9.17, 15) is 0 Å². The van der Waals surface area contributed by atoms with E-state index in [4.69, 9.17) is 11.0 Å². The molecule has 0 aromatic carbocycles. The van der Waals surface area contributed by atoms with Crippen LogP contribution < -0.4 is 10.6 Å². The van der Waals surface area contributed by atoms with Crippen LogP contribution in [-0.2, 0) is 6.54 Å². The number of nitriles is 1. The minimum Gasteiger partial charge on any atom is -0.347 e. The maximum absolute atomic E-state index is 8.50. The highest BCUT2D eigenvalue weighted by Gasteiger charge is 2.07. The van der Waals surface area contributed by atoms with Gasteiger partial charge in [0, 0.05) is 25.0 Å². The van der Waals surface area contributed by atoms with E-state index in [-0.39, 0.29) is 0 Å². The van der Waals surface area contributed by atoms with Crippen molar-refractivity contribution in [1.29, 1.82) is 5.26 Å². The van der Waals surface area contributed by atoms with Crippen LogP contribution in [-0.4, -0.2) is 18.1 Å². The monoisotopic (exact) mass is 210 g/mol. The average molecular weight is 210 g/mol. The van der Waals surface area contributed by atoms with Crippen molar-refractivity contribution in [2.24, 2.45) is 5.73 Å². The summed E-state index contributed by atoms with van der Waals surface area (Å²) >= 11 is 1.58. The molecule has 0 radical (unpaired) electrons. The lowest BCUT2D eigenvalue weighted by atomic mass is 10.4. The van der Waals surface area contributed by atoms with Crippen LogP contribution in [0.3, 0.4) is 0 Å². The molecule has 5 heteroatoms. The van der Waals surface area contributed by atoms with Gasteiger partial charge in [-0.25, -0.2) is 4.98 Å². The number of rotatable bonds is 5. The molecule has 2 N–H and O–H groups in total. The van der Waals surface area contributed by atoms with Crippen molar-refractivity contribution in [2.75, 3.05) is 18.0 Å². The van der Waals surface area contributed by atoms with Crippen molar-refractivity contribution in [1.82, 2.24) is 4.98 Å². The number of nitrogens with zero attached hydrogens (tertiary/aromatic N) is 3. The number of nitrogens with two attached hydrogens (primary N) is 1. The fourth-order valence-electron chi connectivity index (χ4n) is 1.11. The average Bonchev–Trinajstić information content (AvgIpc) is 2.68. The van der Waals surface area contributed by atoms with Crippen LogP contribution in [0.5, 0.6) is 0 Å². The summed E-state index contributed by atoms with van der Waals surface area (Å²) < 4.78 is 0. The van der Waals surface area contributed by atoms with Crippen LogP contribution >= 0.6 is 11.3 Å². The number of hydrogen-bond donors (Lipinski definition) is 1. The van der Waals surface area contributed by atoms with Gasteiger partial charge in [-0.1, -0.05) is 0 Å². The Morgan fingerprint density at radius 3 is 3.00 bits per heavy atom. The van der Waals surface area contributed by atoms with Gasteiger partial charge in [0.15, 0.2) is 5.13 Å². The van der Waals surface area contributed by atoms with Gasteiger partial charge >= 0.3 is 0 Å². The second-order valence-corrected chi connectivity index (χ2v) is 3.65. The standard InChI is InChI=1S/C9H14N4S/c1-2-13(5-3-4-10)9-12-8(6-11)7-14-9/h7H,2-3,5-6,11H2,1H3. The number of thiazole rings is 1. The summed E-state index contributed by atoms with van der Waals surface area (Å²) in [6.45, 7) is 4.15. The van der Waals surface area contributed by atoms with E-state index < -0.39 is 0 Å². The lowest BCUT2D eigenvalue weighted by Crippen LogP contribution is -2.23. The number of hydrogen-bond acceptors (Lipinski definition) is 5. The van der Waals surface area contributed by atoms with Gasteiger partial charge in [-0.2, -0.15) is 5.26 Å². The van der Waals surface area contributed by atoms with E-state index >= 15 is 0 Å². The molecule has 1 heterocycles. The van der Waals surface area contributed by atoms with Crippen LogP contribution in [0, 0.1) is 11.3 Å². The molecule has 0 saturated carbocycles. The summed E-state index contributed by atoms with van der Waals surface area (Å²) in [5.74, 6) is 0. The zero-order valence-corrected chi connectivity index (χ0v) is 9.05. The van der Waals surface area contributed by atoms with Crippen molar-refractivity contribution in [3.63, 3.8) is 0 Å². The van der Waals surface area contributed by atoms with Gasteiger partial charge in [0.1, 0.15) is 0 Å². The van der Waals surface area contributed by atoms with E-state index in [0.29, 0.717) is 13.0 Å². The third-order valence-electron chi connectivity index (χ3n) is 1.89. The minimum atomic E-state index is 0.478. The molecule has 0 aliphatic rings. The molecular weight excluding hydrogens is 196 g/mol. The Morgan fingerprint density at radius 2 is 2.50 bits per heavy atom. The highest BCUT2D eigenvalue weighted by molar-refractivity contribution is 7.13. The summed E-state index contributed by atoms with van der Waals surface area (Å²) in [7, 11) is 0. The van der Waals surface area contributed by atoms with E-state index in [1.54, 1.807) is 11.3 Å². The normalized spacial score (nSPS) is 9.79. The third-order valence-corrected chi connectivity index (χ3v) is 2.84. The molecule has 1 aromatic heterocycles. The van der Waals surface area contributed by atoms with E-state index in [1.807, 2.05) is 5.38 Å². The minimum absolute atomic E-state index is 0.478. The SMILES string of the molecule is CCN(CCC#N)c1nc(CN)cs1. The largest absolute Gasteiger partial charge is 0.347 e. The molecule has 0 bridgehead atoms. The summed E-state index contributed by atoms with van der Waals surface area (Å²) in [5, 5.41) is 11.4. The first-order valence-corrected chi connectivity index (χ1v) is 5.46. The van der Waals surface area contributed by atoms with Gasteiger partial charge < -0.3 is 10.6 Å². The van der Waals surface area contributed by atoms with Gasteiger partial charge in [-0.15, -0.1) is 11.3 Å². The van der Waals surface area contributed by atoms with Crippen molar-refractivity contribution in [3.8, 4) is 6.07 Å². The summed E-state index contributed by atoms with van der Waals surface area (Å²) in [4.78, 5) is 6.45. The maximum Gasteiger partial charge on any atom is 0.185 e. The molecule has 4 nitrogen and oxygen atoms in total. The molecule has 0 spiro atoms. The summed E-state index contributed by atoms with van der Waals surface area (Å²) in [5.41, 5.74) is 6.40. The smallest absolute Gasteiger partial charge is 0.185 e. The fraction of sp³-hybridized carbons (Fsp3) is 0.556. The Hall–Kier alpha value is -1.12. The number of anilines is 1. The van der Waals surface area contributed by atoms with Gasteiger partial charge in [-0.05, 0) is 6.92 Å². The molecule has 1 aromatic rings. The van der Waals surface area contributed by atoms with Gasteiger partial charge in [-0.3, -0.25) is 0 Å². The summed E-state index contributed by atoms with van der Waals surface area (Å²) in [6.07, 6.45) is 0.533. The predicted octanol–water partition coefficient (Wildman–Crippen LogP) is 1.34. The van der Waals surface area contributed by atoms with Crippen LogP contribution in [0.2, 0.25) is 0 Å². The van der Waals surface area contributed by atoms with Crippen LogP contribution in [0.25, 0.3) is 0 Å². The Labute approximate surface area is 88.0 Å². The van der Waals surface area contributed by atoms with Crippen molar-refractivity contribution in [2.45, 2.75) is 19.9 Å². The van der Waals surface area contributed by atoms with E-state index in [1.165, 1.54) is 0 Å². The second-order valence-electron chi connectivity index (χ2n) is 2.81. The topological polar surface area (TPSA) is 65.9 Å². The predicted molar refractivity (Wildman–Crippen MR) is 58.1 cm³/mol. The molecule has 76 valence electrons. The Kier molecular flexibility index (Phi) is 4.36. The quantitative estimate of drug-likeness (QED) is 0.796. The van der Waals surface area contributed by atoms with Crippen molar-refractivity contribution in [3.05, 3.63) is 11.1 Å². The van der Waals surface area contributed by atoms with E-state index in [2.05, 4.69) is 22.9 Å². The van der Waals surface area contributed by atoms with Crippen molar-refractivity contribution >= 4 is 16.5 Å². The van der Waals surface area contributed by atoms with Gasteiger partial charge in [0.05, 0.1) is 18.2 Å². The Balaban J connectivity index is 2.64. The fourth-order valence-corrected chi connectivity index (χ4v) is 2.04. The zero-order valence-electron chi connectivity index (χ0n) is 8.23. The van der Waals surface area contributed by atoms with Crippen molar-refractivity contribution < 1.29 is 0 Å². The molecule has 0 atom stereocenters. The number of aromatic nitrogens is 1. The first-order valence-electron chi connectivity index (χ1n) is 4.58. The Bertz CT molecular complexity index is 315. The maximum atomic E-state index is 8.50. The van der Waals surface area contributed by atoms with Crippen LogP contribution in [0.15, 0.2) is 5.38 Å². The Morgan fingerprint density at radius 1 is 1.71 bits per heavy atom. The highest BCUT2D eigenvalue weighted by atomic mass is 32.1. The van der Waals surface area contributed by atoms with Gasteiger partial charge in [0.25, 0.3) is 0 Å². The van der Waals surface area contributed by atoms with Crippen LogP contribution in [0.4, 0.5) is 5.13 Å². The molecule has 0 fully saturated rings. The zero-order chi connectivity index (χ0) is 10.4. The summed E-state index contributed by atoms with van der Waals surface area (Å²) in [6, 6.07) is 2.13. The molecular formula is C9H14N4S. The lowest BCUT2D eigenvalue weighted by Gasteiger charge is -2.17. The van der Waals surface area contributed by atoms with E-state index in [0.717, 1.165) is 23.9 Å².